The van der Waals surface area contributed by atoms with Crippen LogP contribution in [0.3, 0.4) is 0 Å². The topological polar surface area (TPSA) is 87.6 Å². The zero-order valence-electron chi connectivity index (χ0n) is 9.13. The van der Waals surface area contributed by atoms with E-state index in [1.807, 2.05) is 14.0 Å². The van der Waals surface area contributed by atoms with Crippen LogP contribution in [0.2, 0.25) is 5.02 Å². The van der Waals surface area contributed by atoms with Crippen molar-refractivity contribution in [3.05, 3.63) is 17.4 Å². The van der Waals surface area contributed by atoms with Gasteiger partial charge in [0.1, 0.15) is 5.84 Å². The standard InChI is InChI=1S/C9H14ClN5O/c1-6(8(11)14-16)5-15(2)9-12-3-7(10)4-13-9/h3-4,6,16H,5H2,1-2H3,(H2,11,14). The molecule has 3 N–H and O–H groups in total. The highest BCUT2D eigenvalue weighted by Gasteiger charge is 2.12. The van der Waals surface area contributed by atoms with Crippen molar-refractivity contribution >= 4 is 23.4 Å². The second-order valence-electron chi connectivity index (χ2n) is 3.51. The lowest BCUT2D eigenvalue weighted by Crippen LogP contribution is -2.33. The highest BCUT2D eigenvalue weighted by Crippen LogP contribution is 2.10. The van der Waals surface area contributed by atoms with Crippen LogP contribution in [0, 0.1) is 5.92 Å². The molecular weight excluding hydrogens is 230 g/mol. The largest absolute Gasteiger partial charge is 0.409 e. The molecule has 0 saturated heterocycles. The second-order valence-corrected chi connectivity index (χ2v) is 3.94. The Kier molecular flexibility index (Phi) is 4.30. The van der Waals surface area contributed by atoms with E-state index in [9.17, 15) is 0 Å². The van der Waals surface area contributed by atoms with Gasteiger partial charge in [-0.15, -0.1) is 0 Å². The van der Waals surface area contributed by atoms with Gasteiger partial charge < -0.3 is 15.8 Å². The maximum Gasteiger partial charge on any atom is 0.225 e. The molecule has 1 aromatic heterocycles. The number of amidine groups is 1. The number of aromatic nitrogens is 2. The van der Waals surface area contributed by atoms with Crippen molar-refractivity contribution in [2.45, 2.75) is 6.92 Å². The molecule has 0 bridgehead atoms. The molecule has 1 aromatic rings. The minimum absolute atomic E-state index is 0.0886. The minimum atomic E-state index is -0.0886. The molecule has 16 heavy (non-hydrogen) atoms. The predicted octanol–water partition coefficient (Wildman–Crippen LogP) is 0.949. The number of nitrogens with zero attached hydrogens (tertiary/aromatic N) is 4. The number of halogens is 1. The summed E-state index contributed by atoms with van der Waals surface area (Å²) in [4.78, 5) is 9.92. The molecule has 7 heteroatoms. The number of oxime groups is 1. The van der Waals surface area contributed by atoms with Crippen molar-refractivity contribution in [1.82, 2.24) is 9.97 Å². The van der Waals surface area contributed by atoms with Gasteiger partial charge in [0.05, 0.1) is 17.4 Å². The molecule has 1 rings (SSSR count). The van der Waals surface area contributed by atoms with E-state index in [0.717, 1.165) is 0 Å². The van der Waals surface area contributed by atoms with Crippen LogP contribution in [0.1, 0.15) is 6.92 Å². The number of hydrogen-bond donors (Lipinski definition) is 2. The Morgan fingerprint density at radius 1 is 1.62 bits per heavy atom. The summed E-state index contributed by atoms with van der Waals surface area (Å²) in [6, 6.07) is 0. The lowest BCUT2D eigenvalue weighted by Gasteiger charge is -2.20. The van der Waals surface area contributed by atoms with Gasteiger partial charge in [0.25, 0.3) is 0 Å². The molecule has 0 saturated carbocycles. The molecule has 0 aromatic carbocycles. The molecule has 0 aliphatic rings. The van der Waals surface area contributed by atoms with Gasteiger partial charge in [0.2, 0.25) is 5.95 Å². The molecule has 1 unspecified atom stereocenters. The van der Waals surface area contributed by atoms with Crippen molar-refractivity contribution in [3.63, 3.8) is 0 Å². The van der Waals surface area contributed by atoms with Crippen LogP contribution < -0.4 is 10.6 Å². The smallest absolute Gasteiger partial charge is 0.225 e. The molecule has 0 radical (unpaired) electrons. The summed E-state index contributed by atoms with van der Waals surface area (Å²) in [6.45, 7) is 2.40. The van der Waals surface area contributed by atoms with Crippen molar-refractivity contribution < 1.29 is 5.21 Å². The van der Waals surface area contributed by atoms with Gasteiger partial charge in [-0.3, -0.25) is 0 Å². The third kappa shape index (κ3) is 3.23. The van der Waals surface area contributed by atoms with Gasteiger partial charge in [-0.25, -0.2) is 9.97 Å². The molecule has 88 valence electrons. The van der Waals surface area contributed by atoms with E-state index in [1.165, 1.54) is 12.4 Å². The first kappa shape index (κ1) is 12.5. The van der Waals surface area contributed by atoms with Crippen LogP contribution in [0.4, 0.5) is 5.95 Å². The van der Waals surface area contributed by atoms with Gasteiger partial charge in [-0.05, 0) is 0 Å². The third-order valence-electron chi connectivity index (χ3n) is 2.12. The zero-order valence-corrected chi connectivity index (χ0v) is 9.89. The average molecular weight is 244 g/mol. The lowest BCUT2D eigenvalue weighted by molar-refractivity contribution is 0.314. The highest BCUT2D eigenvalue weighted by molar-refractivity contribution is 6.30. The molecule has 0 amide bonds. The van der Waals surface area contributed by atoms with Crippen LogP contribution in [0.15, 0.2) is 17.5 Å². The fourth-order valence-electron chi connectivity index (χ4n) is 1.19. The highest BCUT2D eigenvalue weighted by atomic mass is 35.5. The monoisotopic (exact) mass is 243 g/mol. The molecule has 0 aliphatic carbocycles. The van der Waals surface area contributed by atoms with Crippen molar-refractivity contribution in [2.75, 3.05) is 18.5 Å². The number of hydrogen-bond acceptors (Lipinski definition) is 5. The Bertz CT molecular complexity index is 367. The SMILES string of the molecule is CC(CN(C)c1ncc(Cl)cn1)C(N)=NO. The van der Waals surface area contributed by atoms with Crippen LogP contribution in [-0.2, 0) is 0 Å². The first-order valence-electron chi connectivity index (χ1n) is 4.70. The van der Waals surface area contributed by atoms with Crippen molar-refractivity contribution in [1.29, 1.82) is 0 Å². The third-order valence-corrected chi connectivity index (χ3v) is 2.31. The lowest BCUT2D eigenvalue weighted by atomic mass is 10.1. The second kappa shape index (κ2) is 5.50. The van der Waals surface area contributed by atoms with Crippen molar-refractivity contribution in [3.8, 4) is 0 Å². The average Bonchev–Trinajstić information content (AvgIpc) is 2.28. The van der Waals surface area contributed by atoms with E-state index in [2.05, 4.69) is 15.1 Å². The van der Waals surface area contributed by atoms with E-state index < -0.39 is 0 Å². The number of anilines is 1. The summed E-state index contributed by atoms with van der Waals surface area (Å²) >= 11 is 5.68. The summed E-state index contributed by atoms with van der Waals surface area (Å²) in [5, 5.41) is 12.0. The van der Waals surface area contributed by atoms with Gasteiger partial charge in [0, 0.05) is 19.5 Å². The van der Waals surface area contributed by atoms with E-state index >= 15 is 0 Å². The molecule has 6 nitrogen and oxygen atoms in total. The summed E-state index contributed by atoms with van der Waals surface area (Å²) < 4.78 is 0. The van der Waals surface area contributed by atoms with Crippen molar-refractivity contribution in [2.24, 2.45) is 16.8 Å². The maximum absolute atomic E-state index is 8.52. The molecular formula is C9H14ClN5O. The first-order valence-corrected chi connectivity index (χ1v) is 5.08. The molecule has 0 fully saturated rings. The Labute approximate surface area is 98.7 Å². The Balaban J connectivity index is 2.65. The van der Waals surface area contributed by atoms with Gasteiger partial charge in [-0.2, -0.15) is 0 Å². The number of rotatable bonds is 4. The Hall–Kier alpha value is -1.56. The first-order chi connectivity index (χ1) is 7.54. The van der Waals surface area contributed by atoms with Crippen LogP contribution in [0.5, 0.6) is 0 Å². The van der Waals surface area contributed by atoms with Crippen LogP contribution >= 0.6 is 11.6 Å². The Morgan fingerprint density at radius 2 is 2.19 bits per heavy atom. The summed E-state index contributed by atoms with van der Waals surface area (Å²) in [7, 11) is 1.82. The van der Waals surface area contributed by atoms with E-state index in [4.69, 9.17) is 22.5 Å². The molecule has 1 atom stereocenters. The van der Waals surface area contributed by atoms with Crippen LogP contribution in [0.25, 0.3) is 0 Å². The quantitative estimate of drug-likeness (QED) is 0.356. The fourth-order valence-corrected chi connectivity index (χ4v) is 1.28. The normalized spacial score (nSPS) is 13.6. The van der Waals surface area contributed by atoms with E-state index in [-0.39, 0.29) is 11.8 Å². The van der Waals surface area contributed by atoms with Gasteiger partial charge in [0.15, 0.2) is 0 Å². The predicted molar refractivity (Wildman–Crippen MR) is 62.9 cm³/mol. The molecule has 1 heterocycles. The maximum atomic E-state index is 8.52. The minimum Gasteiger partial charge on any atom is -0.409 e. The van der Waals surface area contributed by atoms with Gasteiger partial charge >= 0.3 is 0 Å². The number of nitrogens with two attached hydrogens (primary N) is 1. The summed E-state index contributed by atoms with van der Waals surface area (Å²) in [6.07, 6.45) is 3.04. The summed E-state index contributed by atoms with van der Waals surface area (Å²) in [5.41, 5.74) is 5.48. The molecule has 0 aliphatic heterocycles. The van der Waals surface area contributed by atoms with Gasteiger partial charge in [-0.1, -0.05) is 23.7 Å². The van der Waals surface area contributed by atoms with E-state index in [0.29, 0.717) is 17.5 Å². The van der Waals surface area contributed by atoms with Crippen LogP contribution in [-0.4, -0.2) is 34.6 Å². The fraction of sp³-hybridized carbons (Fsp3) is 0.444. The Morgan fingerprint density at radius 3 is 2.69 bits per heavy atom. The zero-order chi connectivity index (χ0) is 12.1. The summed E-state index contributed by atoms with van der Waals surface area (Å²) in [5.74, 6) is 0.636. The molecule has 0 spiro atoms. The van der Waals surface area contributed by atoms with E-state index in [1.54, 1.807) is 4.90 Å².